The molecule has 0 heterocycles. The number of halogens is 2. The first-order chi connectivity index (χ1) is 12.5. The van der Waals surface area contributed by atoms with Crippen LogP contribution >= 0.6 is 27.5 Å². The zero-order chi connectivity index (χ0) is 20.4. The van der Waals surface area contributed by atoms with Gasteiger partial charge in [0.15, 0.2) is 9.84 Å². The van der Waals surface area contributed by atoms with Crippen LogP contribution in [0.4, 0.5) is 0 Å². The number of sulfonamides is 1. The van der Waals surface area contributed by atoms with Gasteiger partial charge in [-0.1, -0.05) is 52.7 Å². The van der Waals surface area contributed by atoms with Crippen LogP contribution in [0.25, 0.3) is 0 Å². The van der Waals surface area contributed by atoms with Crippen molar-refractivity contribution >= 4 is 47.4 Å². The second-order valence-corrected chi connectivity index (χ2v) is 11.3. The topological polar surface area (TPSA) is 71.5 Å². The molecule has 2 aromatic carbocycles. The van der Waals surface area contributed by atoms with Crippen LogP contribution < -0.4 is 0 Å². The van der Waals surface area contributed by atoms with Gasteiger partial charge in [-0.15, -0.1) is 0 Å². The minimum Gasteiger partial charge on any atom is -0.224 e. The monoisotopic (exact) mass is 493 g/mol. The fraction of sp³-hybridized carbons (Fsp3) is 0.333. The Balaban J connectivity index is 2.62. The van der Waals surface area contributed by atoms with Crippen LogP contribution in [0.3, 0.4) is 0 Å². The summed E-state index contributed by atoms with van der Waals surface area (Å²) in [5.74, 6) is 0. The molecule has 0 spiro atoms. The average Bonchev–Trinajstić information content (AvgIpc) is 2.58. The molecule has 1 atom stereocenters. The van der Waals surface area contributed by atoms with Crippen LogP contribution in [0.1, 0.15) is 31.9 Å². The zero-order valence-electron chi connectivity index (χ0n) is 15.2. The highest BCUT2D eigenvalue weighted by Gasteiger charge is 2.32. The van der Waals surface area contributed by atoms with Gasteiger partial charge in [-0.05, 0) is 43.2 Å². The van der Waals surface area contributed by atoms with Crippen molar-refractivity contribution in [2.24, 2.45) is 0 Å². The molecule has 2 rings (SSSR count). The Labute approximate surface area is 174 Å². The second kappa shape index (κ2) is 8.61. The lowest BCUT2D eigenvalue weighted by Crippen LogP contribution is -2.34. The summed E-state index contributed by atoms with van der Waals surface area (Å²) in [6.07, 6.45) is 1.62. The maximum Gasteiger partial charge on any atom is 0.245 e. The minimum absolute atomic E-state index is 0.0113. The van der Waals surface area contributed by atoms with E-state index in [1.807, 2.05) is 31.2 Å². The number of rotatable bonds is 7. The molecular formula is C18H21BrClNO4S2. The van der Waals surface area contributed by atoms with Crippen molar-refractivity contribution in [1.82, 2.24) is 4.31 Å². The smallest absolute Gasteiger partial charge is 0.224 e. The standard InChI is InChI=1S/C18H21BrClNO4S2/c1-4-11-21(13(2)15-7-5-6-8-16(15)19)27(24,25)18-12-14(26(3,22)23)9-10-17(18)20/h5-10,12-13H,4,11H2,1-3H3. The molecule has 148 valence electrons. The van der Waals surface area contributed by atoms with Gasteiger partial charge in [0.2, 0.25) is 10.0 Å². The summed E-state index contributed by atoms with van der Waals surface area (Å²) in [5.41, 5.74) is 0.810. The van der Waals surface area contributed by atoms with Crippen LogP contribution in [0.15, 0.2) is 56.7 Å². The lowest BCUT2D eigenvalue weighted by atomic mass is 10.1. The van der Waals surface area contributed by atoms with Gasteiger partial charge in [0, 0.05) is 23.3 Å². The highest BCUT2D eigenvalue weighted by molar-refractivity contribution is 9.10. The summed E-state index contributed by atoms with van der Waals surface area (Å²) in [6.45, 7) is 3.94. The maximum atomic E-state index is 13.4. The van der Waals surface area contributed by atoms with Crippen LogP contribution in [0, 0.1) is 0 Å². The van der Waals surface area contributed by atoms with Gasteiger partial charge in [0.25, 0.3) is 0 Å². The van der Waals surface area contributed by atoms with E-state index in [0.29, 0.717) is 6.42 Å². The lowest BCUT2D eigenvalue weighted by Gasteiger charge is -2.29. The summed E-state index contributed by atoms with van der Waals surface area (Å²) in [7, 11) is -7.59. The number of hydrogen-bond donors (Lipinski definition) is 0. The quantitative estimate of drug-likeness (QED) is 0.561. The third-order valence-electron chi connectivity index (χ3n) is 4.15. The highest BCUT2D eigenvalue weighted by atomic mass is 79.9. The van der Waals surface area contributed by atoms with Crippen LogP contribution in [-0.2, 0) is 19.9 Å². The first-order valence-electron chi connectivity index (χ1n) is 8.26. The number of nitrogens with zero attached hydrogens (tertiary/aromatic N) is 1. The number of hydrogen-bond acceptors (Lipinski definition) is 4. The van der Waals surface area contributed by atoms with Gasteiger partial charge in [-0.2, -0.15) is 4.31 Å². The molecule has 0 saturated carbocycles. The van der Waals surface area contributed by atoms with Crippen molar-refractivity contribution in [2.75, 3.05) is 12.8 Å². The third kappa shape index (κ3) is 4.92. The molecular weight excluding hydrogens is 474 g/mol. The zero-order valence-corrected chi connectivity index (χ0v) is 19.2. The predicted molar refractivity (Wildman–Crippen MR) is 111 cm³/mol. The molecule has 0 N–H and O–H groups in total. The molecule has 0 bridgehead atoms. The van der Waals surface area contributed by atoms with Gasteiger partial charge >= 0.3 is 0 Å². The first-order valence-corrected chi connectivity index (χ1v) is 12.8. The van der Waals surface area contributed by atoms with Crippen molar-refractivity contribution in [1.29, 1.82) is 0 Å². The predicted octanol–water partition coefficient (Wildman–Crippen LogP) is 4.67. The first kappa shape index (κ1) is 22.4. The van der Waals surface area contributed by atoms with E-state index < -0.39 is 25.9 Å². The van der Waals surface area contributed by atoms with Crippen molar-refractivity contribution in [3.05, 3.63) is 57.5 Å². The van der Waals surface area contributed by atoms with Crippen molar-refractivity contribution < 1.29 is 16.8 Å². The molecule has 0 aromatic heterocycles. The van der Waals surface area contributed by atoms with Crippen LogP contribution in [-0.4, -0.2) is 33.9 Å². The molecule has 0 aliphatic heterocycles. The van der Waals surface area contributed by atoms with E-state index in [0.717, 1.165) is 22.4 Å². The number of benzene rings is 2. The molecule has 9 heteroatoms. The van der Waals surface area contributed by atoms with Crippen molar-refractivity contribution in [2.45, 2.75) is 36.1 Å². The summed E-state index contributed by atoms with van der Waals surface area (Å²) >= 11 is 9.61. The van der Waals surface area contributed by atoms with E-state index in [4.69, 9.17) is 11.6 Å². The Bertz CT molecular complexity index is 1040. The van der Waals surface area contributed by atoms with Gasteiger partial charge in [-0.3, -0.25) is 0 Å². The van der Waals surface area contributed by atoms with E-state index in [-0.39, 0.29) is 21.4 Å². The van der Waals surface area contributed by atoms with E-state index in [1.54, 1.807) is 6.92 Å². The Hall–Kier alpha value is -0.930. The fourth-order valence-corrected chi connectivity index (χ4v) is 6.29. The lowest BCUT2D eigenvalue weighted by molar-refractivity contribution is 0.341. The normalized spacial score (nSPS) is 13.7. The van der Waals surface area contributed by atoms with E-state index in [2.05, 4.69) is 15.9 Å². The largest absolute Gasteiger partial charge is 0.245 e. The van der Waals surface area contributed by atoms with Crippen molar-refractivity contribution in [3.8, 4) is 0 Å². The fourth-order valence-electron chi connectivity index (χ4n) is 2.75. The van der Waals surface area contributed by atoms with Gasteiger partial charge in [0.1, 0.15) is 4.90 Å². The molecule has 27 heavy (non-hydrogen) atoms. The van der Waals surface area contributed by atoms with Gasteiger partial charge in [0.05, 0.1) is 9.92 Å². The molecule has 0 aliphatic rings. The molecule has 0 radical (unpaired) electrons. The summed E-state index contributed by atoms with van der Waals surface area (Å²) in [4.78, 5) is -0.296. The average molecular weight is 495 g/mol. The molecule has 0 amide bonds. The van der Waals surface area contributed by atoms with Crippen LogP contribution in [0.5, 0.6) is 0 Å². The SMILES string of the molecule is CCCN(C(C)c1ccccc1Br)S(=O)(=O)c1cc(S(C)(=O)=O)ccc1Cl. The molecule has 0 fully saturated rings. The highest BCUT2D eigenvalue weighted by Crippen LogP contribution is 2.34. The minimum atomic E-state index is -4.02. The molecule has 1 unspecified atom stereocenters. The van der Waals surface area contributed by atoms with E-state index >= 15 is 0 Å². The Kier molecular flexibility index (Phi) is 7.13. The molecule has 0 saturated heterocycles. The summed E-state index contributed by atoms with van der Waals surface area (Å²) in [5, 5.41) is -0.0113. The molecule has 2 aromatic rings. The molecule has 0 aliphatic carbocycles. The summed E-state index contributed by atoms with van der Waals surface area (Å²) < 4.78 is 52.6. The second-order valence-electron chi connectivity index (χ2n) is 6.18. The Morgan fingerprint density at radius 1 is 1.11 bits per heavy atom. The summed E-state index contributed by atoms with van der Waals surface area (Å²) in [6, 6.07) is 10.7. The maximum absolute atomic E-state index is 13.4. The third-order valence-corrected chi connectivity index (χ3v) is 8.43. The van der Waals surface area contributed by atoms with Gasteiger partial charge < -0.3 is 0 Å². The van der Waals surface area contributed by atoms with E-state index in [9.17, 15) is 16.8 Å². The van der Waals surface area contributed by atoms with Crippen molar-refractivity contribution in [3.63, 3.8) is 0 Å². The van der Waals surface area contributed by atoms with Gasteiger partial charge in [-0.25, -0.2) is 16.8 Å². The Morgan fingerprint density at radius 2 is 1.74 bits per heavy atom. The Morgan fingerprint density at radius 3 is 2.30 bits per heavy atom. The molecule has 5 nitrogen and oxygen atoms in total. The van der Waals surface area contributed by atoms with Crippen LogP contribution in [0.2, 0.25) is 5.02 Å². The number of sulfone groups is 1. The van der Waals surface area contributed by atoms with E-state index in [1.165, 1.54) is 16.4 Å².